The summed E-state index contributed by atoms with van der Waals surface area (Å²) in [5.41, 5.74) is 0.739. The van der Waals surface area contributed by atoms with Gasteiger partial charge in [-0.05, 0) is 84.3 Å². The van der Waals surface area contributed by atoms with Gasteiger partial charge >= 0.3 is 0 Å². The number of ether oxygens (including phenoxy) is 2. The van der Waals surface area contributed by atoms with Crippen LogP contribution in [0.5, 0.6) is 11.5 Å². The maximum absolute atomic E-state index is 12.8. The maximum atomic E-state index is 12.8. The molecular weight excluding hydrogens is 519 g/mol. The van der Waals surface area contributed by atoms with Crippen molar-refractivity contribution in [2.75, 3.05) is 32.8 Å². The Morgan fingerprint density at radius 1 is 1.20 bits per heavy atom. The van der Waals surface area contributed by atoms with Crippen LogP contribution in [0.3, 0.4) is 0 Å². The van der Waals surface area contributed by atoms with Crippen molar-refractivity contribution in [3.05, 3.63) is 26.2 Å². The molecule has 162 valence electrons. The number of rotatable bonds is 8. The summed E-state index contributed by atoms with van der Waals surface area (Å²) < 4.78 is 12.4. The highest BCUT2D eigenvalue weighted by molar-refractivity contribution is 14.1. The predicted molar refractivity (Wildman–Crippen MR) is 125 cm³/mol. The van der Waals surface area contributed by atoms with Gasteiger partial charge in [0.15, 0.2) is 11.5 Å². The molecule has 2 heterocycles. The van der Waals surface area contributed by atoms with E-state index >= 15 is 0 Å². The van der Waals surface area contributed by atoms with E-state index in [4.69, 9.17) is 9.47 Å². The van der Waals surface area contributed by atoms with Crippen molar-refractivity contribution >= 4 is 57.5 Å². The first-order valence-corrected chi connectivity index (χ1v) is 12.0. The molecule has 0 spiro atoms. The van der Waals surface area contributed by atoms with Crippen molar-refractivity contribution in [1.82, 2.24) is 9.80 Å². The monoisotopic (exact) mass is 544 g/mol. The van der Waals surface area contributed by atoms with Crippen molar-refractivity contribution in [2.24, 2.45) is 0 Å². The van der Waals surface area contributed by atoms with Crippen LogP contribution >= 0.6 is 34.4 Å². The third-order valence-corrected chi connectivity index (χ3v) is 6.41. The number of carbonyl (C=O) groups is 3. The highest BCUT2D eigenvalue weighted by Crippen LogP contribution is 2.37. The third kappa shape index (κ3) is 5.29. The molecule has 2 aliphatic heterocycles. The molecule has 0 unspecified atom stereocenters. The number of imide groups is 1. The summed E-state index contributed by atoms with van der Waals surface area (Å²) in [6, 6.07) is 3.69. The highest BCUT2D eigenvalue weighted by Gasteiger charge is 2.37. The minimum absolute atomic E-state index is 0.179. The van der Waals surface area contributed by atoms with E-state index in [-0.39, 0.29) is 12.5 Å². The molecule has 0 aliphatic carbocycles. The van der Waals surface area contributed by atoms with E-state index < -0.39 is 11.1 Å². The first-order chi connectivity index (χ1) is 14.4. The Bertz CT molecular complexity index is 867. The van der Waals surface area contributed by atoms with Gasteiger partial charge in [0.25, 0.3) is 11.1 Å². The number of halogens is 1. The number of hydrogen-bond acceptors (Lipinski definition) is 6. The molecule has 30 heavy (non-hydrogen) atoms. The quantitative estimate of drug-likeness (QED) is 0.362. The fourth-order valence-electron chi connectivity index (χ4n) is 3.27. The molecule has 3 amide bonds. The Morgan fingerprint density at radius 2 is 1.93 bits per heavy atom. The van der Waals surface area contributed by atoms with Gasteiger partial charge in [-0.2, -0.15) is 0 Å². The maximum Gasteiger partial charge on any atom is 0.294 e. The second kappa shape index (κ2) is 10.5. The fourth-order valence-corrected chi connectivity index (χ4v) is 4.89. The van der Waals surface area contributed by atoms with Crippen LogP contribution in [0, 0.1) is 3.57 Å². The molecule has 0 radical (unpaired) electrons. The van der Waals surface area contributed by atoms with Crippen molar-refractivity contribution in [1.29, 1.82) is 0 Å². The molecule has 0 N–H and O–H groups in total. The molecule has 0 bridgehead atoms. The first-order valence-electron chi connectivity index (χ1n) is 10.1. The highest BCUT2D eigenvalue weighted by atomic mass is 127. The SMILES string of the molecule is CCCOc1c(I)cc(/C=C2\SC(=O)N(CC(=O)N3CCCC3)C2=O)cc1OCC. The average Bonchev–Trinajstić information content (AvgIpc) is 3.33. The van der Waals surface area contributed by atoms with Crippen molar-refractivity contribution < 1.29 is 23.9 Å². The molecule has 0 atom stereocenters. The van der Waals surface area contributed by atoms with Gasteiger partial charge in [0, 0.05) is 13.1 Å². The van der Waals surface area contributed by atoms with E-state index in [1.165, 1.54) is 0 Å². The van der Waals surface area contributed by atoms with Crippen molar-refractivity contribution in [3.8, 4) is 11.5 Å². The standard InChI is InChI=1S/C21H25IN2O5S/c1-3-9-29-19-15(22)10-14(11-16(19)28-4-2)12-17-20(26)24(21(27)30-17)13-18(25)23-7-5-6-8-23/h10-12H,3-9,13H2,1-2H3/b17-12-. The van der Waals surface area contributed by atoms with E-state index in [1.807, 2.05) is 19.9 Å². The first kappa shape index (κ1) is 22.9. The van der Waals surface area contributed by atoms with E-state index in [0.29, 0.717) is 42.7 Å². The lowest BCUT2D eigenvalue weighted by molar-refractivity contribution is -0.135. The van der Waals surface area contributed by atoms with Gasteiger partial charge in [-0.3, -0.25) is 19.3 Å². The van der Waals surface area contributed by atoms with Crippen LogP contribution in [0.25, 0.3) is 6.08 Å². The zero-order valence-electron chi connectivity index (χ0n) is 17.1. The van der Waals surface area contributed by atoms with Gasteiger partial charge < -0.3 is 14.4 Å². The summed E-state index contributed by atoms with van der Waals surface area (Å²) in [5.74, 6) is 0.673. The summed E-state index contributed by atoms with van der Waals surface area (Å²) >= 11 is 3.03. The molecule has 2 saturated heterocycles. The smallest absolute Gasteiger partial charge is 0.294 e. The topological polar surface area (TPSA) is 76.2 Å². The number of nitrogens with zero attached hydrogens (tertiary/aromatic N) is 2. The summed E-state index contributed by atoms with van der Waals surface area (Å²) in [6.07, 6.45) is 4.48. The second-order valence-electron chi connectivity index (χ2n) is 6.97. The van der Waals surface area contributed by atoms with Gasteiger partial charge in [0.1, 0.15) is 6.54 Å². The molecule has 1 aromatic carbocycles. The van der Waals surface area contributed by atoms with E-state index in [0.717, 1.165) is 45.1 Å². The van der Waals surface area contributed by atoms with Crippen LogP contribution < -0.4 is 9.47 Å². The normalized spacial score (nSPS) is 17.9. The number of carbonyl (C=O) groups excluding carboxylic acids is 3. The fraction of sp³-hybridized carbons (Fsp3) is 0.476. The van der Waals surface area contributed by atoms with E-state index in [1.54, 1.807) is 17.0 Å². The Hall–Kier alpha value is -1.75. The number of likely N-dealkylation sites (tertiary alicyclic amines) is 1. The molecular formula is C21H25IN2O5S. The van der Waals surface area contributed by atoms with Crippen molar-refractivity contribution in [2.45, 2.75) is 33.1 Å². The van der Waals surface area contributed by atoms with Crippen LogP contribution in [0.15, 0.2) is 17.0 Å². The molecule has 2 aliphatic rings. The van der Waals surface area contributed by atoms with E-state index in [9.17, 15) is 14.4 Å². The summed E-state index contributed by atoms with van der Waals surface area (Å²) in [7, 11) is 0. The number of hydrogen-bond donors (Lipinski definition) is 0. The molecule has 3 rings (SSSR count). The van der Waals surface area contributed by atoms with Crippen LogP contribution in [-0.4, -0.2) is 59.7 Å². The third-order valence-electron chi connectivity index (χ3n) is 4.71. The lowest BCUT2D eigenvalue weighted by Crippen LogP contribution is -2.40. The Morgan fingerprint density at radius 3 is 2.60 bits per heavy atom. The van der Waals surface area contributed by atoms with Crippen LogP contribution in [0.1, 0.15) is 38.7 Å². The zero-order valence-corrected chi connectivity index (χ0v) is 20.1. The molecule has 1 aromatic rings. The van der Waals surface area contributed by atoms with Gasteiger partial charge in [0.05, 0.1) is 21.7 Å². The lowest BCUT2D eigenvalue weighted by Gasteiger charge is -2.18. The average molecular weight is 544 g/mol. The molecule has 9 heteroatoms. The predicted octanol–water partition coefficient (Wildman–Crippen LogP) is 4.14. The van der Waals surface area contributed by atoms with Gasteiger partial charge in [-0.1, -0.05) is 6.92 Å². The van der Waals surface area contributed by atoms with Crippen LogP contribution in [-0.2, 0) is 9.59 Å². The second-order valence-corrected chi connectivity index (χ2v) is 9.12. The summed E-state index contributed by atoms with van der Waals surface area (Å²) in [5, 5.41) is -0.415. The lowest BCUT2D eigenvalue weighted by atomic mass is 10.2. The molecule has 7 nitrogen and oxygen atoms in total. The molecule has 0 saturated carbocycles. The minimum Gasteiger partial charge on any atom is -0.490 e. The summed E-state index contributed by atoms with van der Waals surface area (Å²) in [6.45, 7) is 6.17. The van der Waals surface area contributed by atoms with Gasteiger partial charge in [-0.25, -0.2) is 0 Å². The van der Waals surface area contributed by atoms with Crippen molar-refractivity contribution in [3.63, 3.8) is 0 Å². The molecule has 0 aromatic heterocycles. The van der Waals surface area contributed by atoms with Crippen LogP contribution in [0.2, 0.25) is 0 Å². The van der Waals surface area contributed by atoms with E-state index in [2.05, 4.69) is 22.6 Å². The Labute approximate surface area is 194 Å². The largest absolute Gasteiger partial charge is 0.490 e. The number of benzene rings is 1. The Balaban J connectivity index is 1.79. The number of thioether (sulfide) groups is 1. The number of amides is 3. The van der Waals surface area contributed by atoms with Gasteiger partial charge in [-0.15, -0.1) is 0 Å². The zero-order chi connectivity index (χ0) is 21.7. The van der Waals surface area contributed by atoms with Gasteiger partial charge in [0.2, 0.25) is 5.91 Å². The minimum atomic E-state index is -0.433. The summed E-state index contributed by atoms with van der Waals surface area (Å²) in [4.78, 5) is 40.5. The molecule has 2 fully saturated rings. The van der Waals surface area contributed by atoms with Crippen LogP contribution in [0.4, 0.5) is 4.79 Å². The Kier molecular flexibility index (Phi) is 8.04.